The number of carbonyl (C=O) groups is 1. The van der Waals surface area contributed by atoms with Gasteiger partial charge < -0.3 is 4.74 Å². The number of hydrogen-bond donors (Lipinski definition) is 0. The number of halogens is 3. The van der Waals surface area contributed by atoms with Crippen molar-refractivity contribution in [3.8, 4) is 0 Å². The van der Waals surface area contributed by atoms with Gasteiger partial charge in [0.1, 0.15) is 6.61 Å². The van der Waals surface area contributed by atoms with Gasteiger partial charge in [-0.15, -0.1) is 0 Å². The summed E-state index contributed by atoms with van der Waals surface area (Å²) in [5.74, 6) is -0.438. The van der Waals surface area contributed by atoms with Gasteiger partial charge in [-0.05, 0) is 12.1 Å². The molecule has 0 atom stereocenters. The largest absolute Gasteiger partial charge is 0.418 e. The Bertz CT molecular complexity index is 377. The van der Waals surface area contributed by atoms with Crippen molar-refractivity contribution in [1.82, 2.24) is 4.98 Å². The van der Waals surface area contributed by atoms with E-state index in [2.05, 4.69) is 9.72 Å². The summed E-state index contributed by atoms with van der Waals surface area (Å²) in [6, 6.07) is 2.09. The number of alkyl halides is 3. The molecular formula is C10H10F3NO2. The van der Waals surface area contributed by atoms with Crippen LogP contribution in [0, 0.1) is 0 Å². The lowest BCUT2D eigenvalue weighted by molar-refractivity contribution is -0.138. The summed E-state index contributed by atoms with van der Waals surface area (Å²) in [6.07, 6.45) is -3.63. The molecule has 0 aliphatic rings. The van der Waals surface area contributed by atoms with Crippen LogP contribution in [-0.2, 0) is 22.1 Å². The SMILES string of the molecule is COCC(=O)Cc1ncccc1C(F)(F)F. The summed E-state index contributed by atoms with van der Waals surface area (Å²) in [6.45, 7) is -0.214. The highest BCUT2D eigenvalue weighted by molar-refractivity contribution is 5.81. The molecule has 88 valence electrons. The van der Waals surface area contributed by atoms with Gasteiger partial charge in [-0.2, -0.15) is 13.2 Å². The molecule has 1 rings (SSSR count). The molecule has 0 aliphatic carbocycles. The first-order valence-electron chi connectivity index (χ1n) is 4.47. The number of pyridine rings is 1. The Hall–Kier alpha value is -1.43. The van der Waals surface area contributed by atoms with Gasteiger partial charge >= 0.3 is 6.18 Å². The summed E-state index contributed by atoms with van der Waals surface area (Å²) < 4.78 is 42.0. The maximum atomic E-state index is 12.5. The lowest BCUT2D eigenvalue weighted by Gasteiger charge is -2.10. The third-order valence-electron chi connectivity index (χ3n) is 1.87. The van der Waals surface area contributed by atoms with E-state index in [1.165, 1.54) is 19.4 Å². The topological polar surface area (TPSA) is 39.2 Å². The van der Waals surface area contributed by atoms with Crippen molar-refractivity contribution >= 4 is 5.78 Å². The van der Waals surface area contributed by atoms with Crippen molar-refractivity contribution in [2.75, 3.05) is 13.7 Å². The number of nitrogens with zero attached hydrogens (tertiary/aromatic N) is 1. The molecule has 0 aromatic carbocycles. The average molecular weight is 233 g/mol. The molecule has 6 heteroatoms. The number of carbonyl (C=O) groups excluding carboxylic acids is 1. The molecule has 16 heavy (non-hydrogen) atoms. The van der Waals surface area contributed by atoms with E-state index >= 15 is 0 Å². The lowest BCUT2D eigenvalue weighted by Crippen LogP contribution is -2.16. The summed E-state index contributed by atoms with van der Waals surface area (Å²) in [7, 11) is 1.31. The van der Waals surface area contributed by atoms with Gasteiger partial charge in [0.15, 0.2) is 5.78 Å². The number of hydrogen-bond acceptors (Lipinski definition) is 3. The summed E-state index contributed by atoms with van der Waals surface area (Å²) in [5.41, 5.74) is -1.14. The zero-order chi connectivity index (χ0) is 12.2. The van der Waals surface area contributed by atoms with Gasteiger partial charge in [-0.25, -0.2) is 0 Å². The van der Waals surface area contributed by atoms with Gasteiger partial charge in [0.25, 0.3) is 0 Å². The Morgan fingerprint density at radius 2 is 2.19 bits per heavy atom. The molecule has 3 nitrogen and oxygen atoms in total. The van der Waals surface area contributed by atoms with E-state index in [9.17, 15) is 18.0 Å². The molecule has 0 radical (unpaired) electrons. The van der Waals surface area contributed by atoms with Crippen molar-refractivity contribution in [1.29, 1.82) is 0 Å². The third-order valence-corrected chi connectivity index (χ3v) is 1.87. The molecule has 0 N–H and O–H groups in total. The van der Waals surface area contributed by atoms with Crippen molar-refractivity contribution in [2.45, 2.75) is 12.6 Å². The predicted octanol–water partition coefficient (Wildman–Crippen LogP) is 1.86. The zero-order valence-electron chi connectivity index (χ0n) is 8.54. The first-order valence-corrected chi connectivity index (χ1v) is 4.47. The highest BCUT2D eigenvalue weighted by atomic mass is 19.4. The maximum Gasteiger partial charge on any atom is 0.418 e. The fourth-order valence-electron chi connectivity index (χ4n) is 1.24. The summed E-state index contributed by atoms with van der Waals surface area (Å²) >= 11 is 0. The number of Topliss-reactive ketones (excluding diaryl/α,β-unsaturated/α-hetero) is 1. The molecule has 1 aromatic heterocycles. The first-order chi connectivity index (χ1) is 7.45. The van der Waals surface area contributed by atoms with Crippen LogP contribution in [0.15, 0.2) is 18.3 Å². The summed E-state index contributed by atoms with van der Waals surface area (Å²) in [5, 5.41) is 0. The Kier molecular flexibility index (Phi) is 4.00. The number of methoxy groups -OCH3 is 1. The Morgan fingerprint density at radius 3 is 2.75 bits per heavy atom. The second-order valence-corrected chi connectivity index (χ2v) is 3.14. The highest BCUT2D eigenvalue weighted by Crippen LogP contribution is 2.31. The molecule has 0 spiro atoms. The number of rotatable bonds is 4. The Labute approximate surface area is 90.2 Å². The minimum absolute atomic E-state index is 0.214. The molecule has 0 aliphatic heterocycles. The van der Waals surface area contributed by atoms with Crippen LogP contribution in [-0.4, -0.2) is 24.5 Å². The minimum atomic E-state index is -4.49. The van der Waals surface area contributed by atoms with Gasteiger partial charge in [0.2, 0.25) is 0 Å². The molecular weight excluding hydrogens is 223 g/mol. The second kappa shape index (κ2) is 5.07. The van der Waals surface area contributed by atoms with E-state index in [1.54, 1.807) is 0 Å². The highest BCUT2D eigenvalue weighted by Gasteiger charge is 2.34. The van der Waals surface area contributed by atoms with Crippen LogP contribution in [0.1, 0.15) is 11.3 Å². The smallest absolute Gasteiger partial charge is 0.377 e. The van der Waals surface area contributed by atoms with Gasteiger partial charge in [0, 0.05) is 13.3 Å². The van der Waals surface area contributed by atoms with E-state index in [-0.39, 0.29) is 18.7 Å². The van der Waals surface area contributed by atoms with Crippen molar-refractivity contribution in [3.05, 3.63) is 29.6 Å². The lowest BCUT2D eigenvalue weighted by atomic mass is 10.1. The van der Waals surface area contributed by atoms with Gasteiger partial charge in [-0.1, -0.05) is 0 Å². The minimum Gasteiger partial charge on any atom is -0.377 e. The molecule has 0 saturated heterocycles. The van der Waals surface area contributed by atoms with Crippen molar-refractivity contribution < 1.29 is 22.7 Å². The first kappa shape index (κ1) is 12.6. The molecule has 0 bridgehead atoms. The zero-order valence-corrected chi connectivity index (χ0v) is 8.54. The van der Waals surface area contributed by atoms with Gasteiger partial charge in [0.05, 0.1) is 17.7 Å². The fraction of sp³-hybridized carbons (Fsp3) is 0.400. The molecule has 1 aromatic rings. The normalized spacial score (nSPS) is 11.5. The van der Waals surface area contributed by atoms with Crippen molar-refractivity contribution in [3.63, 3.8) is 0 Å². The average Bonchev–Trinajstić information content (AvgIpc) is 2.17. The number of aromatic nitrogens is 1. The van der Waals surface area contributed by atoms with Gasteiger partial charge in [-0.3, -0.25) is 9.78 Å². The van der Waals surface area contributed by atoms with Crippen LogP contribution in [0.2, 0.25) is 0 Å². The third kappa shape index (κ3) is 3.30. The molecule has 0 saturated carbocycles. The molecule has 1 heterocycles. The van der Waals surface area contributed by atoms with Crippen LogP contribution in [0.5, 0.6) is 0 Å². The van der Waals surface area contributed by atoms with E-state index in [4.69, 9.17) is 0 Å². The van der Waals surface area contributed by atoms with E-state index in [0.717, 1.165) is 6.07 Å². The Balaban J connectivity index is 2.92. The number of ether oxygens (including phenoxy) is 1. The van der Waals surface area contributed by atoms with E-state index in [0.29, 0.717) is 0 Å². The van der Waals surface area contributed by atoms with Crippen LogP contribution in [0.3, 0.4) is 0 Å². The predicted molar refractivity (Wildman–Crippen MR) is 49.8 cm³/mol. The summed E-state index contributed by atoms with van der Waals surface area (Å²) in [4.78, 5) is 14.7. The molecule has 0 unspecified atom stereocenters. The Morgan fingerprint density at radius 1 is 1.50 bits per heavy atom. The maximum absolute atomic E-state index is 12.5. The molecule has 0 amide bonds. The van der Waals surface area contributed by atoms with Crippen LogP contribution in [0.4, 0.5) is 13.2 Å². The fourth-order valence-corrected chi connectivity index (χ4v) is 1.24. The quantitative estimate of drug-likeness (QED) is 0.796. The van der Waals surface area contributed by atoms with Crippen molar-refractivity contribution in [2.24, 2.45) is 0 Å². The van der Waals surface area contributed by atoms with Crippen LogP contribution < -0.4 is 0 Å². The second-order valence-electron chi connectivity index (χ2n) is 3.14. The van der Waals surface area contributed by atoms with E-state index < -0.39 is 17.5 Å². The van der Waals surface area contributed by atoms with E-state index in [1.807, 2.05) is 0 Å². The standard InChI is InChI=1S/C10H10F3NO2/c1-16-6-7(15)5-9-8(10(11,12)13)3-2-4-14-9/h2-4H,5-6H2,1H3. The van der Waals surface area contributed by atoms with Crippen LogP contribution >= 0.6 is 0 Å². The molecule has 0 fully saturated rings. The van der Waals surface area contributed by atoms with Crippen LogP contribution in [0.25, 0.3) is 0 Å². The number of ketones is 1. The monoisotopic (exact) mass is 233 g/mol.